The van der Waals surface area contributed by atoms with Gasteiger partial charge in [-0.3, -0.25) is 4.79 Å². The third kappa shape index (κ3) is 12.2. The van der Waals surface area contributed by atoms with E-state index in [0.717, 1.165) is 35.1 Å². The van der Waals surface area contributed by atoms with Crippen LogP contribution in [0, 0.1) is 5.92 Å². The SMILES string of the molecule is COc1ccc(C(CC(=O)OC(C)(C)C)NCCN(CC=Cc2cccc(NCC3CC3)n2)C(=O)OCc2ccccc2)cn1. The number of amides is 1. The number of esters is 1. The summed E-state index contributed by atoms with van der Waals surface area (Å²) >= 11 is 0. The van der Waals surface area contributed by atoms with Crippen molar-refractivity contribution in [3.05, 3.63) is 89.8 Å². The van der Waals surface area contributed by atoms with Crippen LogP contribution in [0.2, 0.25) is 0 Å². The van der Waals surface area contributed by atoms with Crippen molar-refractivity contribution in [2.75, 3.05) is 38.6 Å². The van der Waals surface area contributed by atoms with Crippen LogP contribution in [-0.2, 0) is 20.9 Å². The van der Waals surface area contributed by atoms with Crippen molar-refractivity contribution in [3.63, 3.8) is 0 Å². The number of carbonyl (C=O) groups excluding carboxylic acids is 2. The molecule has 1 aliphatic rings. The Morgan fingerprint density at radius 1 is 1.07 bits per heavy atom. The van der Waals surface area contributed by atoms with Crippen LogP contribution in [0.3, 0.4) is 0 Å². The summed E-state index contributed by atoms with van der Waals surface area (Å²) in [5, 5.41) is 6.82. The highest BCUT2D eigenvalue weighted by atomic mass is 16.6. The molecule has 0 radical (unpaired) electrons. The molecule has 1 fully saturated rings. The maximum Gasteiger partial charge on any atom is 0.410 e. The number of nitrogens with zero attached hydrogens (tertiary/aromatic N) is 3. The van der Waals surface area contributed by atoms with Crippen LogP contribution >= 0.6 is 0 Å². The molecule has 0 aliphatic heterocycles. The van der Waals surface area contributed by atoms with Gasteiger partial charge in [0, 0.05) is 44.5 Å². The van der Waals surface area contributed by atoms with E-state index >= 15 is 0 Å². The van der Waals surface area contributed by atoms with Crippen LogP contribution in [0.4, 0.5) is 10.6 Å². The number of rotatable bonds is 16. The minimum Gasteiger partial charge on any atom is -0.481 e. The van der Waals surface area contributed by atoms with Crippen LogP contribution in [-0.4, -0.2) is 65.8 Å². The molecule has 0 saturated heterocycles. The second-order valence-electron chi connectivity index (χ2n) is 12.1. The average Bonchev–Trinajstić information content (AvgIpc) is 3.86. The van der Waals surface area contributed by atoms with E-state index < -0.39 is 11.7 Å². The Hall–Kier alpha value is -4.44. The van der Waals surface area contributed by atoms with Gasteiger partial charge < -0.3 is 29.7 Å². The van der Waals surface area contributed by atoms with Crippen molar-refractivity contribution in [1.29, 1.82) is 0 Å². The van der Waals surface area contributed by atoms with E-state index in [1.165, 1.54) is 12.8 Å². The molecule has 240 valence electrons. The summed E-state index contributed by atoms with van der Waals surface area (Å²) in [6.07, 6.45) is 7.70. The third-order valence-corrected chi connectivity index (χ3v) is 7.05. The molecule has 3 aromatic rings. The molecular formula is C35H45N5O5. The van der Waals surface area contributed by atoms with Crippen molar-refractivity contribution in [3.8, 4) is 5.88 Å². The van der Waals surface area contributed by atoms with E-state index in [1.807, 2.05) is 87.5 Å². The Labute approximate surface area is 266 Å². The summed E-state index contributed by atoms with van der Waals surface area (Å²) in [7, 11) is 1.55. The quantitative estimate of drug-likeness (QED) is 0.187. The van der Waals surface area contributed by atoms with E-state index in [0.29, 0.717) is 25.5 Å². The third-order valence-electron chi connectivity index (χ3n) is 7.05. The summed E-state index contributed by atoms with van der Waals surface area (Å²) in [6, 6.07) is 18.7. The second kappa shape index (κ2) is 16.6. The fourth-order valence-electron chi connectivity index (χ4n) is 4.53. The Kier molecular flexibility index (Phi) is 12.3. The number of anilines is 1. The van der Waals surface area contributed by atoms with Crippen molar-refractivity contribution in [1.82, 2.24) is 20.2 Å². The van der Waals surface area contributed by atoms with Crippen molar-refractivity contribution in [2.24, 2.45) is 5.92 Å². The van der Waals surface area contributed by atoms with Gasteiger partial charge in [-0.25, -0.2) is 14.8 Å². The zero-order valence-corrected chi connectivity index (χ0v) is 26.7. The average molecular weight is 616 g/mol. The first-order valence-electron chi connectivity index (χ1n) is 15.5. The summed E-state index contributed by atoms with van der Waals surface area (Å²) in [6.45, 7) is 7.67. The Balaban J connectivity index is 1.41. The molecule has 1 amide bonds. The molecule has 0 bridgehead atoms. The first-order chi connectivity index (χ1) is 21.7. The van der Waals surface area contributed by atoms with Crippen LogP contribution in [0.25, 0.3) is 6.08 Å². The smallest absolute Gasteiger partial charge is 0.410 e. The molecule has 1 aromatic carbocycles. The van der Waals surface area contributed by atoms with Gasteiger partial charge in [0.2, 0.25) is 5.88 Å². The van der Waals surface area contributed by atoms with Gasteiger partial charge in [-0.2, -0.15) is 0 Å². The van der Waals surface area contributed by atoms with Gasteiger partial charge in [0.1, 0.15) is 18.0 Å². The standard InChI is InChI=1S/C35H45N5O5/c1-35(2,3)45-33(41)22-30(28-17-18-32(43-4)38-24-28)36-19-21-40(34(42)44-25-27-10-6-5-7-11-27)20-9-13-29-12-8-14-31(39-29)37-23-26-15-16-26/h5-14,17-18,24,26,30,36H,15-16,19-23,25H2,1-4H3,(H,37,39). The van der Waals surface area contributed by atoms with Gasteiger partial charge in [-0.05, 0) is 68.9 Å². The number of nitrogens with one attached hydrogen (secondary N) is 2. The Bertz CT molecular complexity index is 1390. The molecule has 0 spiro atoms. The number of hydrogen-bond acceptors (Lipinski definition) is 9. The van der Waals surface area contributed by atoms with E-state index in [4.69, 9.17) is 14.2 Å². The molecule has 1 saturated carbocycles. The van der Waals surface area contributed by atoms with E-state index in [2.05, 4.69) is 20.6 Å². The highest BCUT2D eigenvalue weighted by Gasteiger charge is 2.23. The predicted molar refractivity (Wildman–Crippen MR) is 175 cm³/mol. The minimum atomic E-state index is -0.604. The molecule has 45 heavy (non-hydrogen) atoms. The zero-order valence-electron chi connectivity index (χ0n) is 26.7. The lowest BCUT2D eigenvalue weighted by molar-refractivity contribution is -0.155. The van der Waals surface area contributed by atoms with Gasteiger partial charge in [-0.1, -0.05) is 48.5 Å². The number of ether oxygens (including phenoxy) is 3. The van der Waals surface area contributed by atoms with Gasteiger partial charge in [0.05, 0.1) is 19.2 Å². The molecule has 1 aliphatic carbocycles. The zero-order chi connectivity index (χ0) is 32.1. The van der Waals surface area contributed by atoms with Gasteiger partial charge in [0.15, 0.2) is 0 Å². The fourth-order valence-corrected chi connectivity index (χ4v) is 4.53. The molecule has 10 nitrogen and oxygen atoms in total. The van der Waals surface area contributed by atoms with Crippen LogP contribution in [0.1, 0.15) is 62.9 Å². The first-order valence-corrected chi connectivity index (χ1v) is 15.5. The first kappa shape index (κ1) is 33.5. The van der Waals surface area contributed by atoms with Crippen LogP contribution in [0.5, 0.6) is 5.88 Å². The van der Waals surface area contributed by atoms with Crippen LogP contribution < -0.4 is 15.4 Å². The molecule has 2 N–H and O–H groups in total. The fraction of sp³-hybridized carbons (Fsp3) is 0.429. The predicted octanol–water partition coefficient (Wildman–Crippen LogP) is 6.02. The van der Waals surface area contributed by atoms with Gasteiger partial charge in [0.25, 0.3) is 0 Å². The lowest BCUT2D eigenvalue weighted by Crippen LogP contribution is -2.39. The normalized spacial score (nSPS) is 13.7. The van der Waals surface area contributed by atoms with Crippen molar-refractivity contribution >= 4 is 24.0 Å². The highest BCUT2D eigenvalue weighted by Crippen LogP contribution is 2.28. The molecule has 1 atom stereocenters. The van der Waals surface area contributed by atoms with E-state index in [1.54, 1.807) is 24.3 Å². The highest BCUT2D eigenvalue weighted by molar-refractivity contribution is 5.71. The molecule has 2 aromatic heterocycles. The molecule has 10 heteroatoms. The van der Waals surface area contributed by atoms with Gasteiger partial charge in [-0.15, -0.1) is 0 Å². The Morgan fingerprint density at radius 3 is 2.56 bits per heavy atom. The van der Waals surface area contributed by atoms with Crippen molar-refractivity contribution in [2.45, 2.75) is 58.3 Å². The number of aromatic nitrogens is 2. The number of benzene rings is 1. The molecule has 4 rings (SSSR count). The summed E-state index contributed by atoms with van der Waals surface area (Å²) < 4.78 is 16.4. The molecule has 1 unspecified atom stereocenters. The van der Waals surface area contributed by atoms with E-state index in [9.17, 15) is 9.59 Å². The number of pyridine rings is 2. The second-order valence-corrected chi connectivity index (χ2v) is 12.1. The monoisotopic (exact) mass is 615 g/mol. The lowest BCUT2D eigenvalue weighted by Gasteiger charge is -2.25. The maximum absolute atomic E-state index is 13.2. The molecular weight excluding hydrogens is 570 g/mol. The summed E-state index contributed by atoms with van der Waals surface area (Å²) in [5.74, 6) is 1.74. The number of carbonyl (C=O) groups is 2. The summed E-state index contributed by atoms with van der Waals surface area (Å²) in [5.41, 5.74) is 1.91. The van der Waals surface area contributed by atoms with E-state index in [-0.39, 0.29) is 25.0 Å². The van der Waals surface area contributed by atoms with Gasteiger partial charge >= 0.3 is 12.1 Å². The number of methoxy groups -OCH3 is 1. The number of hydrogen-bond donors (Lipinski definition) is 2. The Morgan fingerprint density at radius 2 is 1.87 bits per heavy atom. The minimum absolute atomic E-state index is 0.0976. The molecule has 2 heterocycles. The van der Waals surface area contributed by atoms with Crippen molar-refractivity contribution < 1.29 is 23.8 Å². The van der Waals surface area contributed by atoms with Crippen LogP contribution in [0.15, 0.2) is 72.9 Å². The lowest BCUT2D eigenvalue weighted by atomic mass is 10.1. The maximum atomic E-state index is 13.2. The largest absolute Gasteiger partial charge is 0.481 e. The summed E-state index contributed by atoms with van der Waals surface area (Å²) in [4.78, 5) is 36.6. The topological polar surface area (TPSA) is 115 Å².